The molecule has 0 bridgehead atoms. The van der Waals surface area contributed by atoms with Gasteiger partial charge in [-0.1, -0.05) is 19.4 Å². The van der Waals surface area contributed by atoms with E-state index in [1.165, 1.54) is 5.56 Å². The molecule has 0 aliphatic carbocycles. The summed E-state index contributed by atoms with van der Waals surface area (Å²) >= 11 is 0. The fourth-order valence-corrected chi connectivity index (χ4v) is 0.825. The summed E-state index contributed by atoms with van der Waals surface area (Å²) in [6.45, 7) is 2.15. The Morgan fingerprint density at radius 1 is 1.18 bits per heavy atom. The Morgan fingerprint density at radius 3 is 2.18 bits per heavy atom. The van der Waals surface area contributed by atoms with Crippen LogP contribution in [0.25, 0.3) is 0 Å². The van der Waals surface area contributed by atoms with Crippen LogP contribution in [0.5, 0.6) is 0 Å². The fraction of sp³-hybridized carbons (Fsp3) is 0.222. The van der Waals surface area contributed by atoms with Gasteiger partial charge in [0, 0.05) is 0 Å². The molecule has 0 aromatic heterocycles. The van der Waals surface area contributed by atoms with Gasteiger partial charge in [-0.25, -0.2) is 0 Å². The summed E-state index contributed by atoms with van der Waals surface area (Å²) in [6.07, 6.45) is 3.32. The van der Waals surface area contributed by atoms with Crippen molar-refractivity contribution in [1.29, 1.82) is 0 Å². The van der Waals surface area contributed by atoms with E-state index in [-0.39, 0.29) is 40.0 Å². The molecule has 11 heavy (non-hydrogen) atoms. The quantitative estimate of drug-likeness (QED) is 0.458. The van der Waals surface area contributed by atoms with Gasteiger partial charge in [-0.05, 0) is 0 Å². The first kappa shape index (κ1) is 13.9. The van der Waals surface area contributed by atoms with Crippen molar-refractivity contribution in [3.05, 3.63) is 42.3 Å². The Hall–Kier alpha value is 0.336. The Kier molecular flexibility index (Phi) is 10.7. The van der Waals surface area contributed by atoms with Gasteiger partial charge in [0.05, 0.1) is 0 Å². The van der Waals surface area contributed by atoms with Crippen LogP contribution in [0.4, 0.5) is 0 Å². The molecule has 0 atom stereocenters. The fourth-order valence-electron chi connectivity index (χ4n) is 0.825. The molecule has 0 aliphatic heterocycles. The van der Waals surface area contributed by atoms with Gasteiger partial charge in [0.2, 0.25) is 0 Å². The topological polar surface area (TPSA) is 0 Å². The van der Waals surface area contributed by atoms with E-state index in [1.807, 2.05) is 6.07 Å². The van der Waals surface area contributed by atoms with Crippen molar-refractivity contribution in [2.45, 2.75) is 13.3 Å². The molecule has 0 saturated carbocycles. The molecule has 0 fully saturated rings. The summed E-state index contributed by atoms with van der Waals surface area (Å²) < 4.78 is 0. The standard InChI is InChI=1S/C9H11.BrH.Mg/c1-2-6-9-7-4-3-5-8-9;;/h3-8H,2H2,1H3;1H;/q-1;;+2/p-1. The molecular formula is C9H11BrMg. The van der Waals surface area contributed by atoms with E-state index in [0.717, 1.165) is 6.42 Å². The van der Waals surface area contributed by atoms with Gasteiger partial charge >= 0.3 is 23.1 Å². The van der Waals surface area contributed by atoms with Crippen LogP contribution in [0.1, 0.15) is 18.9 Å². The zero-order valence-electron chi connectivity index (χ0n) is 6.76. The minimum absolute atomic E-state index is 0. The predicted molar refractivity (Wildman–Crippen MR) is 45.9 cm³/mol. The first-order valence-electron chi connectivity index (χ1n) is 3.31. The number of hydrogen-bond donors (Lipinski definition) is 0. The van der Waals surface area contributed by atoms with Crippen LogP contribution in [0.3, 0.4) is 0 Å². The monoisotopic (exact) mass is 222 g/mol. The van der Waals surface area contributed by atoms with Crippen molar-refractivity contribution in [2.75, 3.05) is 0 Å². The SMILES string of the molecule is CC[CH-]c1ccccc1.[Br-].[Mg+2]. The maximum atomic E-state index is 2.21. The summed E-state index contributed by atoms with van der Waals surface area (Å²) in [5, 5.41) is 0. The third kappa shape index (κ3) is 5.59. The van der Waals surface area contributed by atoms with Crippen molar-refractivity contribution in [1.82, 2.24) is 0 Å². The minimum Gasteiger partial charge on any atom is -1.00 e. The first-order chi connectivity index (χ1) is 4.43. The molecule has 56 valence electrons. The van der Waals surface area contributed by atoms with Crippen molar-refractivity contribution in [3.63, 3.8) is 0 Å². The molecule has 0 aliphatic rings. The molecule has 1 aromatic carbocycles. The summed E-state index contributed by atoms with van der Waals surface area (Å²) in [4.78, 5) is 0. The maximum absolute atomic E-state index is 2.21. The maximum Gasteiger partial charge on any atom is 2.00 e. The molecule has 1 rings (SSSR count). The van der Waals surface area contributed by atoms with Crippen molar-refractivity contribution < 1.29 is 17.0 Å². The van der Waals surface area contributed by atoms with Gasteiger partial charge in [0.1, 0.15) is 0 Å². The molecule has 0 radical (unpaired) electrons. The van der Waals surface area contributed by atoms with E-state index in [9.17, 15) is 0 Å². The average Bonchev–Trinajstić information content (AvgIpc) is 1.91. The van der Waals surface area contributed by atoms with E-state index in [0.29, 0.717) is 0 Å². The number of rotatable bonds is 2. The van der Waals surface area contributed by atoms with Gasteiger partial charge in [-0.15, -0.1) is 12.1 Å². The molecular weight excluding hydrogens is 212 g/mol. The van der Waals surface area contributed by atoms with Crippen molar-refractivity contribution in [3.8, 4) is 0 Å². The second kappa shape index (κ2) is 8.43. The minimum atomic E-state index is 0. The molecule has 0 unspecified atom stereocenters. The molecule has 0 amide bonds. The molecule has 1 aromatic rings. The summed E-state index contributed by atoms with van der Waals surface area (Å²) in [6, 6.07) is 10.4. The zero-order valence-corrected chi connectivity index (χ0v) is 9.76. The largest absolute Gasteiger partial charge is 2.00 e. The van der Waals surface area contributed by atoms with Gasteiger partial charge in [-0.2, -0.15) is 24.1 Å². The van der Waals surface area contributed by atoms with Gasteiger partial charge in [0.25, 0.3) is 0 Å². The van der Waals surface area contributed by atoms with Crippen molar-refractivity contribution in [2.24, 2.45) is 0 Å². The Bertz CT molecular complexity index is 162. The molecule has 0 N–H and O–H groups in total. The summed E-state index contributed by atoms with van der Waals surface area (Å²) in [7, 11) is 0. The van der Waals surface area contributed by atoms with Crippen LogP contribution in [0, 0.1) is 6.42 Å². The van der Waals surface area contributed by atoms with Crippen LogP contribution in [0.15, 0.2) is 30.3 Å². The van der Waals surface area contributed by atoms with Crippen LogP contribution < -0.4 is 17.0 Å². The van der Waals surface area contributed by atoms with Crippen LogP contribution in [-0.2, 0) is 0 Å². The van der Waals surface area contributed by atoms with E-state index < -0.39 is 0 Å². The third-order valence-corrected chi connectivity index (χ3v) is 1.24. The first-order valence-corrected chi connectivity index (χ1v) is 3.31. The van der Waals surface area contributed by atoms with E-state index in [1.54, 1.807) is 0 Å². The van der Waals surface area contributed by atoms with Crippen molar-refractivity contribution >= 4 is 23.1 Å². The van der Waals surface area contributed by atoms with Crippen LogP contribution >= 0.6 is 0 Å². The third-order valence-electron chi connectivity index (χ3n) is 1.24. The number of benzene rings is 1. The zero-order chi connectivity index (χ0) is 6.53. The normalized spacial score (nSPS) is 7.36. The smallest absolute Gasteiger partial charge is 1.00 e. The van der Waals surface area contributed by atoms with Gasteiger partial charge < -0.3 is 17.0 Å². The Balaban J connectivity index is 0. The second-order valence-corrected chi connectivity index (χ2v) is 2.02. The van der Waals surface area contributed by atoms with Crippen LogP contribution in [0.2, 0.25) is 0 Å². The molecule has 0 nitrogen and oxygen atoms in total. The number of hydrogen-bond acceptors (Lipinski definition) is 0. The van der Waals surface area contributed by atoms with Crippen LogP contribution in [-0.4, -0.2) is 23.1 Å². The summed E-state index contributed by atoms with van der Waals surface area (Å²) in [5.41, 5.74) is 1.32. The molecule has 0 heterocycles. The van der Waals surface area contributed by atoms with E-state index in [4.69, 9.17) is 0 Å². The van der Waals surface area contributed by atoms with Gasteiger partial charge in [-0.3, -0.25) is 0 Å². The number of halogens is 1. The summed E-state index contributed by atoms with van der Waals surface area (Å²) in [5.74, 6) is 0. The second-order valence-electron chi connectivity index (χ2n) is 2.02. The Labute approximate surface area is 95.3 Å². The predicted octanol–water partition coefficient (Wildman–Crippen LogP) is -0.728. The molecule has 2 heteroatoms. The average molecular weight is 223 g/mol. The van der Waals surface area contributed by atoms with Gasteiger partial charge in [0.15, 0.2) is 0 Å². The van der Waals surface area contributed by atoms with E-state index in [2.05, 4.69) is 37.6 Å². The molecule has 0 saturated heterocycles. The van der Waals surface area contributed by atoms with E-state index >= 15 is 0 Å². The molecule has 0 spiro atoms. The Morgan fingerprint density at radius 2 is 1.73 bits per heavy atom.